The van der Waals surface area contributed by atoms with Gasteiger partial charge in [-0.2, -0.15) is 0 Å². The SMILES string of the molecule is CC(C)SC(=S)Sc1c(Cl)c(Cl)nc(Cl)c1Cl. The molecular weight excluding hydrogens is 360 g/mol. The molecule has 0 aromatic carbocycles. The lowest BCUT2D eigenvalue weighted by molar-refractivity contribution is 1.12. The fourth-order valence-electron chi connectivity index (χ4n) is 0.858. The van der Waals surface area contributed by atoms with Gasteiger partial charge in [-0.3, -0.25) is 0 Å². The molecule has 94 valence electrons. The van der Waals surface area contributed by atoms with Crippen molar-refractivity contribution in [3.8, 4) is 0 Å². The summed E-state index contributed by atoms with van der Waals surface area (Å²) in [6, 6.07) is 0. The van der Waals surface area contributed by atoms with Crippen LogP contribution in [0.5, 0.6) is 0 Å². The topological polar surface area (TPSA) is 12.9 Å². The van der Waals surface area contributed by atoms with Crippen molar-refractivity contribution < 1.29 is 0 Å². The summed E-state index contributed by atoms with van der Waals surface area (Å²) in [5, 5.41) is 1.19. The van der Waals surface area contributed by atoms with Crippen molar-refractivity contribution in [3.63, 3.8) is 0 Å². The van der Waals surface area contributed by atoms with Gasteiger partial charge in [0, 0.05) is 5.25 Å². The third-order valence-electron chi connectivity index (χ3n) is 1.47. The molecule has 1 aromatic rings. The number of aromatic nitrogens is 1. The molecule has 0 fully saturated rings. The first kappa shape index (κ1) is 16.2. The van der Waals surface area contributed by atoms with E-state index >= 15 is 0 Å². The lowest BCUT2D eigenvalue weighted by Gasteiger charge is -2.10. The van der Waals surface area contributed by atoms with Crippen LogP contribution in [0, 0.1) is 0 Å². The molecule has 0 N–H and O–H groups in total. The van der Waals surface area contributed by atoms with Gasteiger partial charge >= 0.3 is 0 Å². The van der Waals surface area contributed by atoms with E-state index in [-0.39, 0.29) is 20.4 Å². The summed E-state index contributed by atoms with van der Waals surface area (Å²) < 4.78 is 0.710. The van der Waals surface area contributed by atoms with Crippen LogP contribution in [0.25, 0.3) is 0 Å². The van der Waals surface area contributed by atoms with E-state index in [1.165, 1.54) is 11.8 Å². The molecule has 1 aromatic heterocycles. The average molecular weight is 367 g/mol. The Morgan fingerprint density at radius 1 is 1.12 bits per heavy atom. The number of halogens is 4. The zero-order valence-corrected chi connectivity index (χ0v) is 14.2. The maximum atomic E-state index is 6.02. The highest BCUT2D eigenvalue weighted by Crippen LogP contribution is 2.43. The molecule has 1 nitrogen and oxygen atoms in total. The van der Waals surface area contributed by atoms with Crippen molar-refractivity contribution in [1.82, 2.24) is 4.98 Å². The van der Waals surface area contributed by atoms with Gasteiger partial charge in [0.1, 0.15) is 3.53 Å². The normalized spacial score (nSPS) is 11.0. The third-order valence-corrected chi connectivity index (χ3v) is 5.70. The van der Waals surface area contributed by atoms with Crippen LogP contribution in [0.1, 0.15) is 13.8 Å². The van der Waals surface area contributed by atoms with Crippen LogP contribution >= 0.6 is 82.1 Å². The second-order valence-corrected chi connectivity index (χ2v) is 8.43. The number of pyridine rings is 1. The van der Waals surface area contributed by atoms with E-state index in [0.717, 1.165) is 0 Å². The maximum Gasteiger partial charge on any atom is 0.150 e. The van der Waals surface area contributed by atoms with Crippen LogP contribution in [0.2, 0.25) is 20.4 Å². The minimum absolute atomic E-state index is 0.126. The fourth-order valence-corrected chi connectivity index (χ4v) is 4.70. The monoisotopic (exact) mass is 365 g/mol. The number of nitrogens with zero attached hydrogens (tertiary/aromatic N) is 1. The zero-order valence-electron chi connectivity index (χ0n) is 8.76. The van der Waals surface area contributed by atoms with Gasteiger partial charge in [-0.15, -0.1) is 11.8 Å². The number of rotatable bonds is 2. The van der Waals surface area contributed by atoms with E-state index in [0.29, 0.717) is 13.7 Å². The molecule has 1 rings (SSSR count). The van der Waals surface area contributed by atoms with E-state index in [1.807, 2.05) is 13.8 Å². The zero-order chi connectivity index (χ0) is 13.2. The Bertz CT molecular complexity index is 424. The Balaban J connectivity index is 3.02. The van der Waals surface area contributed by atoms with Crippen molar-refractivity contribution >= 4 is 85.7 Å². The minimum atomic E-state index is 0.126. The molecule has 0 aliphatic carbocycles. The van der Waals surface area contributed by atoms with Gasteiger partial charge in [0.2, 0.25) is 0 Å². The number of thiocarbonyl (C=S) groups is 1. The summed E-state index contributed by atoms with van der Waals surface area (Å²) >= 11 is 31.8. The van der Waals surface area contributed by atoms with Crippen LogP contribution in [0.15, 0.2) is 4.90 Å². The predicted octanol–water partition coefficient (Wildman–Crippen LogP) is 6.21. The van der Waals surface area contributed by atoms with E-state index < -0.39 is 0 Å². The first-order valence-electron chi connectivity index (χ1n) is 4.41. The Hall–Kier alpha value is 1.10. The van der Waals surface area contributed by atoms with Crippen molar-refractivity contribution in [1.29, 1.82) is 0 Å². The van der Waals surface area contributed by atoms with Crippen LogP contribution in [-0.2, 0) is 0 Å². The summed E-state index contributed by atoms with van der Waals surface area (Å²) in [5.74, 6) is 0. The fraction of sp³-hybridized carbons (Fsp3) is 0.333. The van der Waals surface area contributed by atoms with Crippen LogP contribution in [0.4, 0.5) is 0 Å². The van der Waals surface area contributed by atoms with Crippen molar-refractivity contribution in [2.45, 2.75) is 24.0 Å². The molecule has 0 spiro atoms. The molecular formula is C9H7Cl4NS3. The molecule has 0 atom stereocenters. The molecule has 0 amide bonds. The quantitative estimate of drug-likeness (QED) is 0.350. The average Bonchev–Trinajstić information content (AvgIpc) is 2.20. The van der Waals surface area contributed by atoms with Crippen molar-refractivity contribution in [2.24, 2.45) is 0 Å². The Morgan fingerprint density at radius 3 is 2.00 bits per heavy atom. The Labute approximate surface area is 134 Å². The van der Waals surface area contributed by atoms with E-state index in [1.54, 1.807) is 11.8 Å². The first-order valence-corrected chi connectivity index (χ1v) is 8.03. The van der Waals surface area contributed by atoms with Crippen LogP contribution < -0.4 is 0 Å². The Kier molecular flexibility index (Phi) is 6.69. The largest absolute Gasteiger partial charge is 0.221 e. The number of hydrogen-bond donors (Lipinski definition) is 0. The van der Waals surface area contributed by atoms with E-state index in [9.17, 15) is 0 Å². The van der Waals surface area contributed by atoms with Crippen molar-refractivity contribution in [3.05, 3.63) is 20.4 Å². The molecule has 0 aliphatic heterocycles. The Morgan fingerprint density at radius 2 is 1.59 bits per heavy atom. The third kappa shape index (κ3) is 4.60. The second kappa shape index (κ2) is 7.04. The van der Waals surface area contributed by atoms with Crippen molar-refractivity contribution in [2.75, 3.05) is 0 Å². The van der Waals surface area contributed by atoms with Gasteiger partial charge in [-0.1, -0.05) is 84.2 Å². The van der Waals surface area contributed by atoms with Gasteiger partial charge in [-0.05, 0) is 0 Å². The molecule has 0 bridgehead atoms. The lowest BCUT2D eigenvalue weighted by Crippen LogP contribution is -1.93. The highest BCUT2D eigenvalue weighted by Gasteiger charge is 2.18. The minimum Gasteiger partial charge on any atom is -0.221 e. The van der Waals surface area contributed by atoms with Gasteiger partial charge in [-0.25, -0.2) is 4.98 Å². The maximum absolute atomic E-state index is 6.02. The summed E-state index contributed by atoms with van der Waals surface area (Å²) in [7, 11) is 0. The molecule has 0 radical (unpaired) electrons. The summed E-state index contributed by atoms with van der Waals surface area (Å²) in [5.41, 5.74) is 0. The number of hydrogen-bond acceptors (Lipinski definition) is 4. The molecule has 0 unspecified atom stereocenters. The van der Waals surface area contributed by atoms with Gasteiger partial charge < -0.3 is 0 Å². The van der Waals surface area contributed by atoms with E-state index in [4.69, 9.17) is 58.6 Å². The highest BCUT2D eigenvalue weighted by molar-refractivity contribution is 8.47. The van der Waals surface area contributed by atoms with Gasteiger partial charge in [0.25, 0.3) is 0 Å². The van der Waals surface area contributed by atoms with Gasteiger partial charge in [0.05, 0.1) is 14.9 Å². The predicted molar refractivity (Wildman–Crippen MR) is 85.5 cm³/mol. The summed E-state index contributed by atoms with van der Waals surface area (Å²) in [6.45, 7) is 4.10. The summed E-state index contributed by atoms with van der Waals surface area (Å²) in [6.07, 6.45) is 0. The van der Waals surface area contributed by atoms with Crippen LogP contribution in [-0.4, -0.2) is 13.8 Å². The molecule has 0 saturated heterocycles. The van der Waals surface area contributed by atoms with Crippen LogP contribution in [0.3, 0.4) is 0 Å². The molecule has 17 heavy (non-hydrogen) atoms. The molecule has 0 saturated carbocycles. The highest BCUT2D eigenvalue weighted by atomic mass is 35.5. The molecule has 1 heterocycles. The number of thioether (sulfide) groups is 2. The second-order valence-electron chi connectivity index (χ2n) is 3.17. The molecule has 0 aliphatic rings. The summed E-state index contributed by atoms with van der Waals surface area (Å²) in [4.78, 5) is 4.36. The van der Waals surface area contributed by atoms with E-state index in [2.05, 4.69) is 4.98 Å². The first-order chi connectivity index (χ1) is 7.82. The van der Waals surface area contributed by atoms with Gasteiger partial charge in [0.15, 0.2) is 10.3 Å². The smallest absolute Gasteiger partial charge is 0.150 e. The lowest BCUT2D eigenvalue weighted by atomic mass is 10.5. The molecule has 8 heteroatoms. The standard InChI is InChI=1S/C9H7Cl4NS3/c1-3(2)16-9(15)17-6-4(10)7(12)14-8(13)5(6)11/h3H,1-2H3.